The number of benzene rings is 1. The first-order valence-electron chi connectivity index (χ1n) is 5.75. The molecule has 0 amide bonds. The second kappa shape index (κ2) is 3.91. The minimum absolute atomic E-state index is 0.376. The molecule has 0 radical (unpaired) electrons. The van der Waals surface area contributed by atoms with E-state index in [4.69, 9.17) is 0 Å². The third kappa shape index (κ3) is 1.71. The van der Waals surface area contributed by atoms with E-state index in [0.29, 0.717) is 11.6 Å². The summed E-state index contributed by atoms with van der Waals surface area (Å²) in [5, 5.41) is 10.2. The Bertz CT molecular complexity index is 594. The Kier molecular flexibility index (Phi) is 2.69. The van der Waals surface area contributed by atoms with E-state index in [0.717, 1.165) is 16.5 Å². The van der Waals surface area contributed by atoms with Gasteiger partial charge in [0.05, 0.1) is 0 Å². The van der Waals surface area contributed by atoms with Crippen molar-refractivity contribution in [3.05, 3.63) is 35.0 Å². The zero-order valence-electron chi connectivity index (χ0n) is 10.6. The number of carboxylic acid groups (broad SMARTS) is 1. The molecule has 1 aromatic carbocycles. The Morgan fingerprint density at radius 1 is 1.35 bits per heavy atom. The van der Waals surface area contributed by atoms with Crippen molar-refractivity contribution in [3.63, 3.8) is 0 Å². The van der Waals surface area contributed by atoms with Crippen molar-refractivity contribution < 1.29 is 9.90 Å². The Balaban J connectivity index is 2.79. The highest BCUT2D eigenvalue weighted by molar-refractivity contribution is 5.98. The molecule has 0 aliphatic rings. The van der Waals surface area contributed by atoms with Crippen LogP contribution < -0.4 is 0 Å². The van der Waals surface area contributed by atoms with Crippen LogP contribution in [0.1, 0.15) is 41.4 Å². The van der Waals surface area contributed by atoms with E-state index in [2.05, 4.69) is 26.0 Å². The van der Waals surface area contributed by atoms with Gasteiger partial charge in [0.25, 0.3) is 0 Å². The molecule has 2 aromatic rings. The zero-order chi connectivity index (χ0) is 12.7. The Hall–Kier alpha value is -1.77. The summed E-state index contributed by atoms with van der Waals surface area (Å²) < 4.78 is 1.75. The fourth-order valence-electron chi connectivity index (χ4n) is 2.31. The molecule has 2 rings (SSSR count). The highest BCUT2D eigenvalue weighted by atomic mass is 16.4. The number of fused-ring (bicyclic) bond motifs is 1. The minimum atomic E-state index is -0.868. The molecule has 1 aromatic heterocycles. The van der Waals surface area contributed by atoms with E-state index in [-0.39, 0.29) is 0 Å². The van der Waals surface area contributed by atoms with Gasteiger partial charge in [-0.3, -0.25) is 0 Å². The van der Waals surface area contributed by atoms with Crippen LogP contribution in [-0.4, -0.2) is 15.6 Å². The molecular weight excluding hydrogens is 214 g/mol. The van der Waals surface area contributed by atoms with Crippen molar-refractivity contribution >= 4 is 16.9 Å². The SMILES string of the molecule is Cc1c(C(=O)O)n(C)c2ccc(C(C)C)cc12. The van der Waals surface area contributed by atoms with Gasteiger partial charge in [-0.1, -0.05) is 19.9 Å². The molecule has 0 spiro atoms. The molecule has 0 aliphatic carbocycles. The average Bonchev–Trinajstić information content (AvgIpc) is 2.51. The number of carboxylic acids is 1. The summed E-state index contributed by atoms with van der Waals surface area (Å²) in [5.74, 6) is -0.417. The van der Waals surface area contributed by atoms with Crippen molar-refractivity contribution in [1.82, 2.24) is 4.57 Å². The predicted molar refractivity (Wildman–Crippen MR) is 68.7 cm³/mol. The van der Waals surface area contributed by atoms with Crippen LogP contribution in [-0.2, 0) is 7.05 Å². The van der Waals surface area contributed by atoms with Crippen LogP contribution in [0.15, 0.2) is 18.2 Å². The molecule has 0 atom stereocenters. The molecule has 0 bridgehead atoms. The fraction of sp³-hybridized carbons (Fsp3) is 0.357. The smallest absolute Gasteiger partial charge is 0.352 e. The lowest BCUT2D eigenvalue weighted by atomic mass is 10.0. The van der Waals surface area contributed by atoms with E-state index in [1.165, 1.54) is 5.56 Å². The summed E-state index contributed by atoms with van der Waals surface area (Å²) in [6.45, 7) is 6.14. The minimum Gasteiger partial charge on any atom is -0.477 e. The molecule has 17 heavy (non-hydrogen) atoms. The normalized spacial score (nSPS) is 11.4. The average molecular weight is 231 g/mol. The summed E-state index contributed by atoms with van der Waals surface area (Å²) in [7, 11) is 1.80. The lowest BCUT2D eigenvalue weighted by molar-refractivity contribution is 0.0686. The van der Waals surface area contributed by atoms with Gasteiger partial charge in [-0.25, -0.2) is 4.79 Å². The lowest BCUT2D eigenvalue weighted by Crippen LogP contribution is -2.05. The van der Waals surface area contributed by atoms with Gasteiger partial charge >= 0.3 is 5.97 Å². The maximum atomic E-state index is 11.2. The number of rotatable bonds is 2. The van der Waals surface area contributed by atoms with Crippen LogP contribution in [0.4, 0.5) is 0 Å². The summed E-state index contributed by atoms with van der Waals surface area (Å²) in [4.78, 5) is 11.2. The largest absolute Gasteiger partial charge is 0.477 e. The number of aromatic carboxylic acids is 1. The lowest BCUT2D eigenvalue weighted by Gasteiger charge is -2.05. The first-order valence-corrected chi connectivity index (χ1v) is 5.75. The van der Waals surface area contributed by atoms with Gasteiger partial charge in [0.1, 0.15) is 5.69 Å². The van der Waals surface area contributed by atoms with E-state index in [1.807, 2.05) is 13.0 Å². The third-order valence-electron chi connectivity index (χ3n) is 3.35. The maximum Gasteiger partial charge on any atom is 0.352 e. The van der Waals surface area contributed by atoms with Gasteiger partial charge in [-0.05, 0) is 36.1 Å². The van der Waals surface area contributed by atoms with Gasteiger partial charge in [-0.15, -0.1) is 0 Å². The molecule has 1 heterocycles. The number of aryl methyl sites for hydroxylation is 2. The quantitative estimate of drug-likeness (QED) is 0.861. The van der Waals surface area contributed by atoms with Gasteiger partial charge in [0, 0.05) is 18.0 Å². The summed E-state index contributed by atoms with van der Waals surface area (Å²) >= 11 is 0. The van der Waals surface area contributed by atoms with Gasteiger partial charge in [-0.2, -0.15) is 0 Å². The molecule has 0 fully saturated rings. The molecule has 3 nitrogen and oxygen atoms in total. The first-order chi connectivity index (χ1) is 7.93. The topological polar surface area (TPSA) is 42.2 Å². The number of carbonyl (C=O) groups is 1. The summed E-state index contributed by atoms with van der Waals surface area (Å²) in [6, 6.07) is 6.17. The number of hydrogen-bond donors (Lipinski definition) is 1. The van der Waals surface area contributed by atoms with E-state index in [1.54, 1.807) is 11.6 Å². The van der Waals surface area contributed by atoms with Crippen LogP contribution in [0, 0.1) is 6.92 Å². The number of hydrogen-bond acceptors (Lipinski definition) is 1. The standard InChI is InChI=1S/C14H17NO2/c1-8(2)10-5-6-12-11(7-10)9(3)13(14(16)17)15(12)4/h5-8H,1-4H3,(H,16,17). The molecule has 90 valence electrons. The zero-order valence-corrected chi connectivity index (χ0v) is 10.6. The van der Waals surface area contributed by atoms with E-state index < -0.39 is 5.97 Å². The number of nitrogens with zero attached hydrogens (tertiary/aromatic N) is 1. The maximum absolute atomic E-state index is 11.2. The summed E-state index contributed by atoms with van der Waals surface area (Å²) in [5.41, 5.74) is 3.44. The molecule has 0 saturated carbocycles. The van der Waals surface area contributed by atoms with Crippen molar-refractivity contribution in [2.24, 2.45) is 7.05 Å². The first kappa shape index (κ1) is 11.7. The highest BCUT2D eigenvalue weighted by Crippen LogP contribution is 2.28. The second-order valence-electron chi connectivity index (χ2n) is 4.77. The summed E-state index contributed by atoms with van der Waals surface area (Å²) in [6.07, 6.45) is 0. The van der Waals surface area contributed by atoms with Gasteiger partial charge < -0.3 is 9.67 Å². The Morgan fingerprint density at radius 2 is 2.00 bits per heavy atom. The van der Waals surface area contributed by atoms with Crippen molar-refractivity contribution in [3.8, 4) is 0 Å². The third-order valence-corrected chi connectivity index (χ3v) is 3.35. The monoisotopic (exact) mass is 231 g/mol. The Labute approximate surface area is 101 Å². The number of aromatic nitrogens is 1. The molecule has 0 aliphatic heterocycles. The highest BCUT2D eigenvalue weighted by Gasteiger charge is 2.17. The molecule has 1 N–H and O–H groups in total. The van der Waals surface area contributed by atoms with Crippen molar-refractivity contribution in [2.45, 2.75) is 26.7 Å². The van der Waals surface area contributed by atoms with E-state index >= 15 is 0 Å². The molecule has 0 unspecified atom stereocenters. The van der Waals surface area contributed by atoms with Gasteiger partial charge in [0.2, 0.25) is 0 Å². The Morgan fingerprint density at radius 3 is 2.53 bits per heavy atom. The van der Waals surface area contributed by atoms with Gasteiger partial charge in [0.15, 0.2) is 0 Å². The van der Waals surface area contributed by atoms with Crippen LogP contribution >= 0.6 is 0 Å². The molecular formula is C14H17NO2. The molecule has 0 saturated heterocycles. The van der Waals surface area contributed by atoms with Crippen LogP contribution in [0.2, 0.25) is 0 Å². The second-order valence-corrected chi connectivity index (χ2v) is 4.77. The van der Waals surface area contributed by atoms with Crippen molar-refractivity contribution in [1.29, 1.82) is 0 Å². The predicted octanol–water partition coefficient (Wildman–Crippen LogP) is 3.31. The fourth-order valence-corrected chi connectivity index (χ4v) is 2.31. The van der Waals surface area contributed by atoms with Crippen LogP contribution in [0.25, 0.3) is 10.9 Å². The van der Waals surface area contributed by atoms with Crippen LogP contribution in [0.5, 0.6) is 0 Å². The molecule has 3 heteroatoms. The van der Waals surface area contributed by atoms with E-state index in [9.17, 15) is 9.90 Å². The van der Waals surface area contributed by atoms with Crippen LogP contribution in [0.3, 0.4) is 0 Å². The van der Waals surface area contributed by atoms with Crippen molar-refractivity contribution in [2.75, 3.05) is 0 Å².